The van der Waals surface area contributed by atoms with Crippen LogP contribution in [0.25, 0.3) is 0 Å². The lowest BCUT2D eigenvalue weighted by atomic mass is 10.1. The summed E-state index contributed by atoms with van der Waals surface area (Å²) in [5.41, 5.74) is 0.802. The molecule has 0 aliphatic heterocycles. The minimum absolute atomic E-state index is 0.159. The first-order chi connectivity index (χ1) is 9.82. The minimum Gasteiger partial charge on any atom is -0.351 e. The maximum atomic E-state index is 12.8. The summed E-state index contributed by atoms with van der Waals surface area (Å²) in [6.45, 7) is 3.67. The monoisotopic (exact) mass is 314 g/mol. The molecule has 0 unspecified atom stereocenters. The van der Waals surface area contributed by atoms with Gasteiger partial charge in [0.2, 0.25) is 15.9 Å². The van der Waals surface area contributed by atoms with E-state index in [0.717, 1.165) is 16.1 Å². The van der Waals surface area contributed by atoms with E-state index in [9.17, 15) is 17.6 Å². The Morgan fingerprint density at radius 3 is 2.52 bits per heavy atom. The van der Waals surface area contributed by atoms with Gasteiger partial charge in [0.25, 0.3) is 0 Å². The van der Waals surface area contributed by atoms with Crippen LogP contribution in [-0.2, 0) is 21.2 Å². The zero-order valence-corrected chi connectivity index (χ0v) is 12.7. The maximum absolute atomic E-state index is 12.8. The van der Waals surface area contributed by atoms with Gasteiger partial charge in [-0.25, -0.2) is 12.8 Å². The largest absolute Gasteiger partial charge is 0.351 e. The normalized spacial score (nSPS) is 11.4. The second kappa shape index (κ2) is 7.90. The second-order valence-electron chi connectivity index (χ2n) is 4.57. The fourth-order valence-electron chi connectivity index (χ4n) is 1.67. The molecule has 1 aromatic carbocycles. The molecule has 1 aromatic rings. The highest BCUT2D eigenvalue weighted by atomic mass is 32.2. The highest BCUT2D eigenvalue weighted by molar-refractivity contribution is 7.88. The Kier molecular flexibility index (Phi) is 6.51. The van der Waals surface area contributed by atoms with Crippen molar-refractivity contribution in [2.45, 2.75) is 6.42 Å². The van der Waals surface area contributed by atoms with Crippen molar-refractivity contribution in [3.63, 3.8) is 0 Å². The van der Waals surface area contributed by atoms with Crippen molar-refractivity contribution in [3.05, 3.63) is 48.3 Å². The van der Waals surface area contributed by atoms with Crippen LogP contribution in [0.5, 0.6) is 0 Å². The summed E-state index contributed by atoms with van der Waals surface area (Å²) in [5, 5.41) is 2.53. The van der Waals surface area contributed by atoms with E-state index in [1.165, 1.54) is 18.2 Å². The fourth-order valence-corrected chi connectivity index (χ4v) is 2.44. The van der Waals surface area contributed by atoms with Gasteiger partial charge in [0, 0.05) is 13.1 Å². The number of rotatable bonds is 8. The van der Waals surface area contributed by atoms with E-state index < -0.39 is 10.0 Å². The SMILES string of the molecule is C=CCNC(=O)CN(CCc1ccc(F)cc1)S(C)(=O)=O. The summed E-state index contributed by atoms with van der Waals surface area (Å²) in [4.78, 5) is 11.6. The summed E-state index contributed by atoms with van der Waals surface area (Å²) in [7, 11) is -3.49. The summed E-state index contributed by atoms with van der Waals surface area (Å²) in [6.07, 6.45) is 2.97. The van der Waals surface area contributed by atoms with E-state index in [1.807, 2.05) is 0 Å². The smallest absolute Gasteiger partial charge is 0.235 e. The predicted molar refractivity (Wildman–Crippen MR) is 79.7 cm³/mol. The Bertz CT molecular complexity index is 585. The molecule has 116 valence electrons. The summed E-state index contributed by atoms with van der Waals surface area (Å²) >= 11 is 0. The molecule has 0 saturated heterocycles. The molecule has 0 atom stereocenters. The van der Waals surface area contributed by atoms with Crippen molar-refractivity contribution >= 4 is 15.9 Å². The molecule has 0 bridgehead atoms. The second-order valence-corrected chi connectivity index (χ2v) is 6.55. The molecule has 1 N–H and O–H groups in total. The Labute approximate surface area is 124 Å². The Morgan fingerprint density at radius 1 is 1.38 bits per heavy atom. The van der Waals surface area contributed by atoms with Crippen LogP contribution in [0.4, 0.5) is 4.39 Å². The van der Waals surface area contributed by atoms with Crippen molar-refractivity contribution in [2.75, 3.05) is 25.9 Å². The molecule has 1 amide bonds. The zero-order chi connectivity index (χ0) is 15.9. The number of hydrogen-bond donors (Lipinski definition) is 1. The highest BCUT2D eigenvalue weighted by Crippen LogP contribution is 2.06. The van der Waals surface area contributed by atoms with Crippen molar-refractivity contribution in [1.82, 2.24) is 9.62 Å². The van der Waals surface area contributed by atoms with Gasteiger partial charge < -0.3 is 5.32 Å². The first-order valence-electron chi connectivity index (χ1n) is 6.40. The standard InChI is InChI=1S/C14H19FN2O3S/c1-3-9-16-14(18)11-17(21(2,19)20)10-8-12-4-6-13(15)7-5-12/h3-7H,1,8-11H2,2H3,(H,16,18). The molecule has 0 heterocycles. The molecular weight excluding hydrogens is 295 g/mol. The first-order valence-corrected chi connectivity index (χ1v) is 8.25. The molecule has 21 heavy (non-hydrogen) atoms. The first kappa shape index (κ1) is 17.3. The van der Waals surface area contributed by atoms with Gasteiger partial charge in [0.15, 0.2) is 0 Å². The van der Waals surface area contributed by atoms with Crippen LogP contribution < -0.4 is 5.32 Å². The number of hydrogen-bond acceptors (Lipinski definition) is 3. The lowest BCUT2D eigenvalue weighted by Crippen LogP contribution is -2.41. The van der Waals surface area contributed by atoms with E-state index in [-0.39, 0.29) is 31.4 Å². The van der Waals surface area contributed by atoms with Gasteiger partial charge in [-0.2, -0.15) is 4.31 Å². The van der Waals surface area contributed by atoms with Crippen molar-refractivity contribution < 1.29 is 17.6 Å². The van der Waals surface area contributed by atoms with Crippen LogP contribution >= 0.6 is 0 Å². The Morgan fingerprint density at radius 2 is 2.00 bits per heavy atom. The van der Waals surface area contributed by atoms with E-state index in [2.05, 4.69) is 11.9 Å². The molecule has 0 saturated carbocycles. The third-order valence-electron chi connectivity index (χ3n) is 2.80. The van der Waals surface area contributed by atoms with Crippen molar-refractivity contribution in [2.24, 2.45) is 0 Å². The summed E-state index contributed by atoms with van der Waals surface area (Å²) in [5.74, 6) is -0.734. The number of halogens is 1. The molecule has 0 spiro atoms. The van der Waals surface area contributed by atoms with Gasteiger partial charge in [-0.15, -0.1) is 6.58 Å². The highest BCUT2D eigenvalue weighted by Gasteiger charge is 2.19. The van der Waals surface area contributed by atoms with Gasteiger partial charge in [-0.3, -0.25) is 4.79 Å². The van der Waals surface area contributed by atoms with E-state index in [0.29, 0.717) is 6.42 Å². The van der Waals surface area contributed by atoms with Gasteiger partial charge in [-0.1, -0.05) is 18.2 Å². The van der Waals surface area contributed by atoms with Crippen LogP contribution in [0.2, 0.25) is 0 Å². The van der Waals surface area contributed by atoms with Gasteiger partial charge in [0.05, 0.1) is 12.8 Å². The molecule has 0 aliphatic rings. The average molecular weight is 314 g/mol. The molecule has 0 aliphatic carbocycles. The Balaban J connectivity index is 2.64. The molecule has 0 fully saturated rings. The molecule has 5 nitrogen and oxygen atoms in total. The summed E-state index contributed by atoms with van der Waals surface area (Å²) < 4.78 is 37.3. The number of amides is 1. The van der Waals surface area contributed by atoms with Crippen LogP contribution in [0.3, 0.4) is 0 Å². The Hall–Kier alpha value is -1.73. The van der Waals surface area contributed by atoms with Crippen LogP contribution in [0.1, 0.15) is 5.56 Å². The number of carbonyl (C=O) groups is 1. The zero-order valence-electron chi connectivity index (χ0n) is 11.9. The lowest BCUT2D eigenvalue weighted by molar-refractivity contribution is -0.121. The number of nitrogens with one attached hydrogen (secondary N) is 1. The third-order valence-corrected chi connectivity index (χ3v) is 4.05. The third kappa shape index (κ3) is 6.50. The van der Waals surface area contributed by atoms with Crippen LogP contribution in [0, 0.1) is 5.82 Å². The maximum Gasteiger partial charge on any atom is 0.235 e. The predicted octanol–water partition coefficient (Wildman–Crippen LogP) is 0.932. The quantitative estimate of drug-likeness (QED) is 0.726. The fraction of sp³-hybridized carbons (Fsp3) is 0.357. The minimum atomic E-state index is -3.49. The van der Waals surface area contributed by atoms with Gasteiger partial charge in [-0.05, 0) is 24.1 Å². The topological polar surface area (TPSA) is 66.5 Å². The number of sulfonamides is 1. The van der Waals surface area contributed by atoms with Gasteiger partial charge >= 0.3 is 0 Å². The van der Waals surface area contributed by atoms with Gasteiger partial charge in [0.1, 0.15) is 5.82 Å². The van der Waals surface area contributed by atoms with Crippen LogP contribution in [0.15, 0.2) is 36.9 Å². The van der Waals surface area contributed by atoms with Crippen molar-refractivity contribution in [1.29, 1.82) is 0 Å². The average Bonchev–Trinajstić information content (AvgIpc) is 2.41. The van der Waals surface area contributed by atoms with E-state index in [4.69, 9.17) is 0 Å². The lowest BCUT2D eigenvalue weighted by Gasteiger charge is -2.19. The van der Waals surface area contributed by atoms with E-state index in [1.54, 1.807) is 12.1 Å². The summed E-state index contributed by atoms with van der Waals surface area (Å²) in [6, 6.07) is 5.81. The molecular formula is C14H19FN2O3S. The van der Waals surface area contributed by atoms with Crippen LogP contribution in [-0.4, -0.2) is 44.5 Å². The molecule has 0 radical (unpaired) electrons. The number of benzene rings is 1. The number of nitrogens with zero attached hydrogens (tertiary/aromatic N) is 1. The molecule has 7 heteroatoms. The number of carbonyl (C=O) groups excluding carboxylic acids is 1. The van der Waals surface area contributed by atoms with E-state index >= 15 is 0 Å². The molecule has 1 rings (SSSR count). The van der Waals surface area contributed by atoms with Crippen molar-refractivity contribution in [3.8, 4) is 0 Å². The molecule has 0 aromatic heterocycles.